The van der Waals surface area contributed by atoms with Crippen molar-refractivity contribution in [2.24, 2.45) is 5.73 Å². The van der Waals surface area contributed by atoms with Crippen LogP contribution in [0.15, 0.2) is 12.1 Å². The molecule has 168 valence electrons. The number of benzene rings is 1. The van der Waals surface area contributed by atoms with Gasteiger partial charge >= 0.3 is 0 Å². The van der Waals surface area contributed by atoms with Gasteiger partial charge in [0.1, 0.15) is 6.04 Å². The van der Waals surface area contributed by atoms with E-state index in [-0.39, 0.29) is 30.9 Å². The number of nitrogens with two attached hydrogens (primary N) is 1. The van der Waals surface area contributed by atoms with E-state index in [1.807, 2.05) is 12.1 Å². The van der Waals surface area contributed by atoms with E-state index in [4.69, 9.17) is 15.2 Å². The number of nitriles is 1. The van der Waals surface area contributed by atoms with Gasteiger partial charge in [0.15, 0.2) is 11.5 Å². The van der Waals surface area contributed by atoms with Crippen molar-refractivity contribution in [2.45, 2.75) is 50.2 Å². The topological polar surface area (TPSA) is 129 Å². The van der Waals surface area contributed by atoms with Gasteiger partial charge in [-0.25, -0.2) is 0 Å². The highest BCUT2D eigenvalue weighted by atomic mass is 16.5. The molecule has 2 amide bonds. The predicted molar refractivity (Wildman–Crippen MR) is 112 cm³/mol. The zero-order valence-corrected chi connectivity index (χ0v) is 18.0. The minimum absolute atomic E-state index is 0.0924. The highest BCUT2D eigenvalue weighted by Crippen LogP contribution is 2.39. The second kappa shape index (κ2) is 9.98. The van der Waals surface area contributed by atoms with Gasteiger partial charge in [0.05, 0.1) is 38.8 Å². The third-order valence-electron chi connectivity index (χ3n) is 6.12. The number of carbonyl (C=O) groups excluding carboxylic acids is 2. The zero-order valence-electron chi connectivity index (χ0n) is 18.0. The second-order valence-corrected chi connectivity index (χ2v) is 7.90. The molecule has 31 heavy (non-hydrogen) atoms. The Morgan fingerprint density at radius 2 is 1.97 bits per heavy atom. The molecule has 2 heterocycles. The monoisotopic (exact) mass is 430 g/mol. The van der Waals surface area contributed by atoms with Crippen LogP contribution in [-0.4, -0.2) is 72.7 Å². The van der Waals surface area contributed by atoms with Gasteiger partial charge < -0.3 is 30.1 Å². The fourth-order valence-electron chi connectivity index (χ4n) is 4.53. The fraction of sp³-hybridized carbons (Fsp3) is 0.591. The average Bonchev–Trinajstić information content (AvgIpc) is 3.26. The van der Waals surface area contributed by atoms with Crippen LogP contribution in [0.2, 0.25) is 0 Å². The molecule has 1 aromatic carbocycles. The van der Waals surface area contributed by atoms with Gasteiger partial charge in [-0.3, -0.25) is 9.59 Å². The molecule has 3 atom stereocenters. The van der Waals surface area contributed by atoms with Crippen LogP contribution in [-0.2, 0) is 16.0 Å². The van der Waals surface area contributed by atoms with Crippen molar-refractivity contribution in [2.75, 3.05) is 33.9 Å². The lowest BCUT2D eigenvalue weighted by molar-refractivity contribution is -0.140. The summed E-state index contributed by atoms with van der Waals surface area (Å²) in [5, 5.41) is 18.8. The molecule has 1 saturated heterocycles. The first-order chi connectivity index (χ1) is 14.9. The van der Waals surface area contributed by atoms with Crippen LogP contribution in [0.5, 0.6) is 11.5 Å². The molecule has 0 spiro atoms. The number of methoxy groups -OCH3 is 2. The van der Waals surface area contributed by atoms with E-state index in [1.54, 1.807) is 19.1 Å². The van der Waals surface area contributed by atoms with Crippen LogP contribution in [0.25, 0.3) is 0 Å². The summed E-state index contributed by atoms with van der Waals surface area (Å²) in [6.45, 7) is 0.854. The Hall–Kier alpha value is -2.83. The largest absolute Gasteiger partial charge is 0.493 e. The number of nitrogens with zero attached hydrogens (tertiary/aromatic N) is 3. The number of rotatable bonds is 7. The minimum Gasteiger partial charge on any atom is -0.493 e. The smallest absolute Gasteiger partial charge is 0.241 e. The van der Waals surface area contributed by atoms with Crippen LogP contribution in [0.1, 0.15) is 42.9 Å². The summed E-state index contributed by atoms with van der Waals surface area (Å²) in [5.41, 5.74) is 8.02. The van der Waals surface area contributed by atoms with Crippen molar-refractivity contribution < 1.29 is 24.2 Å². The van der Waals surface area contributed by atoms with E-state index in [2.05, 4.69) is 6.07 Å². The fourth-order valence-corrected chi connectivity index (χ4v) is 4.53. The Balaban J connectivity index is 1.78. The first-order valence-corrected chi connectivity index (χ1v) is 10.6. The zero-order chi connectivity index (χ0) is 22.5. The molecule has 2 unspecified atom stereocenters. The van der Waals surface area contributed by atoms with Crippen LogP contribution in [0.3, 0.4) is 0 Å². The summed E-state index contributed by atoms with van der Waals surface area (Å²) in [6, 6.07) is 4.07. The molecule has 9 heteroatoms. The van der Waals surface area contributed by atoms with Gasteiger partial charge in [0.2, 0.25) is 11.8 Å². The van der Waals surface area contributed by atoms with Crippen molar-refractivity contribution in [1.82, 2.24) is 9.80 Å². The number of carbonyl (C=O) groups is 2. The molecule has 0 saturated carbocycles. The standard InChI is InChI=1S/C22H30N4O5/c1-30-19-10-14-5-8-26(18(6-9-27)16(14)11-20(19)31-2)21(28)12-17(24)22(29)25-7-3-4-15(25)13-23/h10-11,15,17-18,27H,3-9,12,24H2,1-2H3/t15-,17?,18?/m0/s1. The van der Waals surface area contributed by atoms with Gasteiger partial charge in [0, 0.05) is 19.7 Å². The second-order valence-electron chi connectivity index (χ2n) is 7.90. The van der Waals surface area contributed by atoms with Crippen molar-refractivity contribution >= 4 is 11.8 Å². The van der Waals surface area contributed by atoms with E-state index in [1.165, 1.54) is 4.90 Å². The summed E-state index contributed by atoms with van der Waals surface area (Å²) in [7, 11) is 3.12. The molecular formula is C22H30N4O5. The molecule has 3 N–H and O–H groups in total. The van der Waals surface area contributed by atoms with Crippen molar-refractivity contribution in [3.05, 3.63) is 23.3 Å². The molecule has 3 rings (SSSR count). The number of aliphatic hydroxyl groups excluding tert-OH is 1. The number of fused-ring (bicyclic) bond motifs is 1. The Kier molecular flexibility index (Phi) is 7.36. The molecule has 0 aliphatic carbocycles. The molecular weight excluding hydrogens is 400 g/mol. The third kappa shape index (κ3) is 4.60. The normalized spacial score (nSPS) is 21.3. The predicted octanol–water partition coefficient (Wildman–Crippen LogP) is 0.744. The van der Waals surface area contributed by atoms with E-state index < -0.39 is 12.1 Å². The van der Waals surface area contributed by atoms with Gasteiger partial charge in [-0.05, 0) is 48.9 Å². The Morgan fingerprint density at radius 3 is 2.61 bits per heavy atom. The van der Waals surface area contributed by atoms with Crippen LogP contribution < -0.4 is 15.2 Å². The molecule has 1 fully saturated rings. The molecule has 9 nitrogen and oxygen atoms in total. The van der Waals surface area contributed by atoms with Crippen molar-refractivity contribution in [3.8, 4) is 17.6 Å². The number of ether oxygens (including phenoxy) is 2. The highest BCUT2D eigenvalue weighted by molar-refractivity contribution is 5.89. The number of aliphatic hydroxyl groups is 1. The van der Waals surface area contributed by atoms with Crippen molar-refractivity contribution in [1.29, 1.82) is 5.26 Å². The minimum atomic E-state index is -0.997. The van der Waals surface area contributed by atoms with E-state index >= 15 is 0 Å². The first-order valence-electron chi connectivity index (χ1n) is 10.6. The molecule has 0 aromatic heterocycles. The maximum atomic E-state index is 13.1. The Bertz CT molecular complexity index is 868. The lowest BCUT2D eigenvalue weighted by Gasteiger charge is -2.38. The molecule has 1 aromatic rings. The summed E-state index contributed by atoms with van der Waals surface area (Å²) >= 11 is 0. The molecule has 0 bridgehead atoms. The highest BCUT2D eigenvalue weighted by Gasteiger charge is 2.36. The molecule has 0 radical (unpaired) electrons. The Morgan fingerprint density at radius 1 is 1.26 bits per heavy atom. The first kappa shape index (κ1) is 22.8. The SMILES string of the molecule is COc1cc2c(cc1OC)C(CCO)N(C(=O)CC(N)C(=O)N1CCC[C@H]1C#N)CC2. The van der Waals surface area contributed by atoms with E-state index in [0.29, 0.717) is 43.9 Å². The van der Waals surface area contributed by atoms with Crippen molar-refractivity contribution in [3.63, 3.8) is 0 Å². The van der Waals surface area contributed by atoms with E-state index in [9.17, 15) is 20.0 Å². The van der Waals surface area contributed by atoms with Gasteiger partial charge in [-0.1, -0.05) is 0 Å². The third-order valence-corrected chi connectivity index (χ3v) is 6.12. The number of likely N-dealkylation sites (tertiary alicyclic amines) is 1. The Labute approximate surface area is 182 Å². The number of amides is 2. The van der Waals surface area contributed by atoms with Gasteiger partial charge in [-0.15, -0.1) is 0 Å². The van der Waals surface area contributed by atoms with Gasteiger partial charge in [0.25, 0.3) is 0 Å². The lowest BCUT2D eigenvalue weighted by atomic mass is 9.89. The van der Waals surface area contributed by atoms with Crippen LogP contribution in [0, 0.1) is 11.3 Å². The van der Waals surface area contributed by atoms with E-state index in [0.717, 1.165) is 17.5 Å². The summed E-state index contributed by atoms with van der Waals surface area (Å²) in [5.74, 6) is 0.573. The molecule has 2 aliphatic heterocycles. The number of hydrogen-bond donors (Lipinski definition) is 2. The maximum absolute atomic E-state index is 13.1. The van der Waals surface area contributed by atoms with Crippen LogP contribution >= 0.6 is 0 Å². The average molecular weight is 431 g/mol. The van der Waals surface area contributed by atoms with Crippen LogP contribution in [0.4, 0.5) is 0 Å². The number of hydrogen-bond acceptors (Lipinski definition) is 7. The maximum Gasteiger partial charge on any atom is 0.241 e. The quantitative estimate of drug-likeness (QED) is 0.653. The lowest BCUT2D eigenvalue weighted by Crippen LogP contribution is -2.49. The van der Waals surface area contributed by atoms with Gasteiger partial charge in [-0.2, -0.15) is 5.26 Å². The summed E-state index contributed by atoms with van der Waals surface area (Å²) in [6.07, 6.45) is 2.24. The summed E-state index contributed by atoms with van der Waals surface area (Å²) in [4.78, 5) is 29.0. The summed E-state index contributed by atoms with van der Waals surface area (Å²) < 4.78 is 10.8. The molecule has 2 aliphatic rings.